The van der Waals surface area contributed by atoms with Crippen LogP contribution in [0.3, 0.4) is 0 Å². The van der Waals surface area contributed by atoms with Crippen molar-refractivity contribution in [3.8, 4) is 0 Å². The first-order chi connectivity index (χ1) is 4.92. The Balaban J connectivity index is 0.000000605. The Morgan fingerprint density at radius 3 is 2.36 bits per heavy atom. The van der Waals surface area contributed by atoms with E-state index in [1.165, 1.54) is 32.1 Å². The van der Waals surface area contributed by atoms with Crippen LogP contribution in [-0.4, -0.2) is 6.54 Å². The first-order valence-electron chi connectivity index (χ1n) is 4.62. The molecule has 2 N–H and O–H groups in total. The maximum Gasteiger partial charge on any atom is -0.00461 e. The molecule has 0 radical (unpaired) electrons. The van der Waals surface area contributed by atoms with E-state index in [1.54, 1.807) is 0 Å². The lowest BCUT2D eigenvalue weighted by atomic mass is 9.92. The Bertz CT molecular complexity index is 123. The minimum absolute atomic E-state index is 0. The van der Waals surface area contributed by atoms with Crippen LogP contribution >= 0.6 is 12.4 Å². The zero-order valence-corrected chi connectivity index (χ0v) is 7.78. The summed E-state index contributed by atoms with van der Waals surface area (Å²) in [7, 11) is 0. The summed E-state index contributed by atoms with van der Waals surface area (Å²) in [6, 6.07) is 0. The third-order valence-corrected chi connectivity index (χ3v) is 3.25. The highest BCUT2D eigenvalue weighted by Gasteiger charge is 2.38. The molecule has 0 spiro atoms. The van der Waals surface area contributed by atoms with E-state index >= 15 is 0 Å². The zero-order chi connectivity index (χ0) is 6.97. The molecule has 0 amide bonds. The molecule has 0 bridgehead atoms. The van der Waals surface area contributed by atoms with E-state index in [9.17, 15) is 0 Å². The van der Waals surface area contributed by atoms with Gasteiger partial charge >= 0.3 is 0 Å². The summed E-state index contributed by atoms with van der Waals surface area (Å²) in [4.78, 5) is 0. The number of hydrogen-bond acceptors (Lipinski definition) is 1. The Morgan fingerprint density at radius 2 is 1.82 bits per heavy atom. The lowest BCUT2D eigenvalue weighted by molar-refractivity contribution is 0.353. The molecule has 0 aromatic carbocycles. The van der Waals surface area contributed by atoms with Crippen molar-refractivity contribution < 1.29 is 0 Å². The molecule has 0 aromatic rings. The fourth-order valence-corrected chi connectivity index (χ4v) is 2.50. The molecule has 2 aliphatic carbocycles. The van der Waals surface area contributed by atoms with E-state index in [-0.39, 0.29) is 12.4 Å². The summed E-state index contributed by atoms with van der Waals surface area (Å²) in [5.41, 5.74) is 5.69. The second kappa shape index (κ2) is 3.77. The van der Waals surface area contributed by atoms with Gasteiger partial charge in [0, 0.05) is 0 Å². The number of nitrogens with two attached hydrogens (primary N) is 1. The van der Waals surface area contributed by atoms with Gasteiger partial charge in [-0.3, -0.25) is 0 Å². The van der Waals surface area contributed by atoms with Gasteiger partial charge < -0.3 is 5.73 Å². The number of rotatable bonds is 2. The average molecular weight is 176 g/mol. The third kappa shape index (κ3) is 1.88. The van der Waals surface area contributed by atoms with Crippen LogP contribution in [0.4, 0.5) is 0 Å². The van der Waals surface area contributed by atoms with E-state index in [2.05, 4.69) is 0 Å². The van der Waals surface area contributed by atoms with Crippen LogP contribution in [0.5, 0.6) is 0 Å². The van der Waals surface area contributed by atoms with Gasteiger partial charge in [0.1, 0.15) is 0 Å². The lowest BCUT2D eigenvalue weighted by Crippen LogP contribution is -2.19. The van der Waals surface area contributed by atoms with Gasteiger partial charge in [-0.2, -0.15) is 0 Å². The minimum Gasteiger partial charge on any atom is -0.330 e. The quantitative estimate of drug-likeness (QED) is 0.684. The molecular weight excluding hydrogens is 158 g/mol. The van der Waals surface area contributed by atoms with Crippen LogP contribution in [-0.2, 0) is 0 Å². The SMILES string of the molecule is Cl.NCC1CCCC1C1CC1. The molecule has 2 unspecified atom stereocenters. The molecule has 2 rings (SSSR count). The molecule has 0 aliphatic heterocycles. The van der Waals surface area contributed by atoms with Crippen LogP contribution in [0.1, 0.15) is 32.1 Å². The van der Waals surface area contributed by atoms with Crippen LogP contribution in [0.2, 0.25) is 0 Å². The van der Waals surface area contributed by atoms with Crippen LogP contribution in [0, 0.1) is 17.8 Å². The Labute approximate surface area is 75.1 Å². The van der Waals surface area contributed by atoms with Crippen molar-refractivity contribution in [3.05, 3.63) is 0 Å². The summed E-state index contributed by atoms with van der Waals surface area (Å²) >= 11 is 0. The van der Waals surface area contributed by atoms with Gasteiger partial charge in [-0.15, -0.1) is 12.4 Å². The maximum atomic E-state index is 5.69. The van der Waals surface area contributed by atoms with Crippen molar-refractivity contribution >= 4 is 12.4 Å². The highest BCUT2D eigenvalue weighted by Crippen LogP contribution is 2.47. The molecule has 66 valence electrons. The van der Waals surface area contributed by atoms with Gasteiger partial charge in [-0.05, 0) is 50.0 Å². The van der Waals surface area contributed by atoms with E-state index < -0.39 is 0 Å². The predicted octanol–water partition coefficient (Wildman–Crippen LogP) is 2.19. The minimum atomic E-state index is 0. The largest absolute Gasteiger partial charge is 0.330 e. The van der Waals surface area contributed by atoms with Gasteiger partial charge in [0.25, 0.3) is 0 Å². The summed E-state index contributed by atoms with van der Waals surface area (Å²) in [6.45, 7) is 0.946. The molecule has 0 heterocycles. The Morgan fingerprint density at radius 1 is 1.09 bits per heavy atom. The predicted molar refractivity (Wildman–Crippen MR) is 49.9 cm³/mol. The molecular formula is C9H18ClN. The van der Waals surface area contributed by atoms with E-state index in [4.69, 9.17) is 5.73 Å². The molecule has 2 atom stereocenters. The molecule has 2 heteroatoms. The average Bonchev–Trinajstić information content (AvgIpc) is 2.69. The first-order valence-corrected chi connectivity index (χ1v) is 4.62. The highest BCUT2D eigenvalue weighted by molar-refractivity contribution is 5.85. The Hall–Kier alpha value is 0.250. The number of halogens is 1. The van der Waals surface area contributed by atoms with Crippen molar-refractivity contribution in [1.29, 1.82) is 0 Å². The van der Waals surface area contributed by atoms with E-state index in [1.807, 2.05) is 0 Å². The number of hydrogen-bond donors (Lipinski definition) is 1. The standard InChI is InChI=1S/C9H17N.ClH/c10-6-8-2-1-3-9(8)7-4-5-7;/h7-9H,1-6,10H2;1H. The normalized spacial score (nSPS) is 36.8. The van der Waals surface area contributed by atoms with Gasteiger partial charge in [-0.1, -0.05) is 6.42 Å². The molecule has 2 saturated carbocycles. The van der Waals surface area contributed by atoms with Crippen LogP contribution in [0.15, 0.2) is 0 Å². The van der Waals surface area contributed by atoms with Crippen molar-refractivity contribution in [1.82, 2.24) is 0 Å². The highest BCUT2D eigenvalue weighted by atomic mass is 35.5. The second-order valence-corrected chi connectivity index (χ2v) is 3.93. The fraction of sp³-hybridized carbons (Fsp3) is 1.00. The monoisotopic (exact) mass is 175 g/mol. The van der Waals surface area contributed by atoms with Crippen molar-refractivity contribution in [3.63, 3.8) is 0 Å². The molecule has 2 aliphatic rings. The Kier molecular flexibility index (Phi) is 3.20. The fourth-order valence-electron chi connectivity index (χ4n) is 2.50. The molecule has 1 nitrogen and oxygen atoms in total. The summed E-state index contributed by atoms with van der Waals surface area (Å²) in [5, 5.41) is 0. The smallest absolute Gasteiger partial charge is 0.00461 e. The van der Waals surface area contributed by atoms with Gasteiger partial charge in [0.05, 0.1) is 0 Å². The van der Waals surface area contributed by atoms with Crippen molar-refractivity contribution in [2.45, 2.75) is 32.1 Å². The van der Waals surface area contributed by atoms with Gasteiger partial charge in [0.15, 0.2) is 0 Å². The molecule has 11 heavy (non-hydrogen) atoms. The molecule has 0 aromatic heterocycles. The van der Waals surface area contributed by atoms with Crippen LogP contribution in [0.25, 0.3) is 0 Å². The van der Waals surface area contributed by atoms with Gasteiger partial charge in [-0.25, -0.2) is 0 Å². The zero-order valence-electron chi connectivity index (χ0n) is 6.96. The van der Waals surface area contributed by atoms with E-state index in [0.29, 0.717) is 0 Å². The van der Waals surface area contributed by atoms with Crippen molar-refractivity contribution in [2.75, 3.05) is 6.54 Å². The maximum absolute atomic E-state index is 5.69. The van der Waals surface area contributed by atoms with Gasteiger partial charge in [0.2, 0.25) is 0 Å². The van der Waals surface area contributed by atoms with Crippen molar-refractivity contribution in [2.24, 2.45) is 23.5 Å². The summed E-state index contributed by atoms with van der Waals surface area (Å²) < 4.78 is 0. The lowest BCUT2D eigenvalue weighted by Gasteiger charge is -2.16. The second-order valence-electron chi connectivity index (χ2n) is 3.93. The van der Waals surface area contributed by atoms with E-state index in [0.717, 1.165) is 24.3 Å². The van der Waals surface area contributed by atoms with Crippen LogP contribution < -0.4 is 5.73 Å². The summed E-state index contributed by atoms with van der Waals surface area (Å²) in [6.07, 6.45) is 7.34. The molecule has 0 saturated heterocycles. The summed E-state index contributed by atoms with van der Waals surface area (Å²) in [5.74, 6) is 3.02. The topological polar surface area (TPSA) is 26.0 Å². The third-order valence-electron chi connectivity index (χ3n) is 3.25. The molecule has 2 fully saturated rings. The first kappa shape index (κ1) is 9.34.